The predicted octanol–water partition coefficient (Wildman–Crippen LogP) is 0.450. The van der Waals surface area contributed by atoms with E-state index in [-0.39, 0.29) is 0 Å². The predicted molar refractivity (Wildman–Crippen MR) is 66.5 cm³/mol. The minimum atomic E-state index is -0.828. The summed E-state index contributed by atoms with van der Waals surface area (Å²) in [6.07, 6.45) is 2.84. The third-order valence-corrected chi connectivity index (χ3v) is 2.35. The Morgan fingerprint density at radius 3 is 2.28 bits per heavy atom. The van der Waals surface area contributed by atoms with Crippen molar-refractivity contribution in [1.82, 2.24) is 9.13 Å². The van der Waals surface area contributed by atoms with Gasteiger partial charge in [-0.25, -0.2) is 4.79 Å². The first-order valence-electron chi connectivity index (χ1n) is 5.64. The molecule has 6 heteroatoms. The normalized spacial score (nSPS) is 13.2. The zero-order valence-electron chi connectivity index (χ0n) is 11.3. The van der Waals surface area contributed by atoms with Crippen molar-refractivity contribution in [3.8, 4) is 0 Å². The molecule has 1 atom stereocenters. The summed E-state index contributed by atoms with van der Waals surface area (Å²) < 4.78 is 7.42. The van der Waals surface area contributed by atoms with Crippen LogP contribution in [0.2, 0.25) is 0 Å². The zero-order chi connectivity index (χ0) is 14.1. The molecule has 0 saturated carbocycles. The van der Waals surface area contributed by atoms with E-state index in [0.29, 0.717) is 0 Å². The van der Waals surface area contributed by atoms with Crippen LogP contribution in [0.25, 0.3) is 0 Å². The van der Waals surface area contributed by atoms with Gasteiger partial charge in [0.05, 0.1) is 0 Å². The maximum atomic E-state index is 11.8. The van der Waals surface area contributed by atoms with E-state index in [1.54, 1.807) is 20.8 Å². The minimum Gasteiger partial charge on any atom is -0.458 e. The van der Waals surface area contributed by atoms with Crippen LogP contribution in [0.1, 0.15) is 33.7 Å². The second-order valence-corrected chi connectivity index (χ2v) is 5.14. The van der Waals surface area contributed by atoms with Gasteiger partial charge in [-0.15, -0.1) is 0 Å². The number of hydrogen-bond donors (Lipinski definition) is 0. The van der Waals surface area contributed by atoms with E-state index in [0.717, 1.165) is 4.57 Å². The summed E-state index contributed by atoms with van der Waals surface area (Å²) in [7, 11) is 1.48. The van der Waals surface area contributed by atoms with Crippen molar-refractivity contribution in [2.24, 2.45) is 7.05 Å². The fourth-order valence-corrected chi connectivity index (χ4v) is 1.37. The van der Waals surface area contributed by atoms with Gasteiger partial charge in [0.2, 0.25) is 0 Å². The first kappa shape index (κ1) is 14.2. The highest BCUT2D eigenvalue weighted by molar-refractivity contribution is 5.74. The number of nitrogens with zero attached hydrogens (tertiary/aromatic N) is 2. The van der Waals surface area contributed by atoms with Crippen LogP contribution in [-0.2, 0) is 16.6 Å². The van der Waals surface area contributed by atoms with Crippen molar-refractivity contribution < 1.29 is 9.53 Å². The maximum absolute atomic E-state index is 11.8. The molecule has 0 aliphatic heterocycles. The van der Waals surface area contributed by atoms with Gasteiger partial charge >= 0.3 is 17.1 Å². The Kier molecular flexibility index (Phi) is 3.79. The van der Waals surface area contributed by atoms with E-state index in [4.69, 9.17) is 4.74 Å². The summed E-state index contributed by atoms with van der Waals surface area (Å²) in [5.74, 6) is -0.544. The van der Waals surface area contributed by atoms with Gasteiger partial charge in [-0.05, 0) is 27.7 Å². The van der Waals surface area contributed by atoms with E-state index in [2.05, 4.69) is 0 Å². The quantitative estimate of drug-likeness (QED) is 0.567. The van der Waals surface area contributed by atoms with Gasteiger partial charge in [0, 0.05) is 19.4 Å². The Morgan fingerprint density at radius 1 is 1.22 bits per heavy atom. The molecule has 1 aromatic heterocycles. The highest BCUT2D eigenvalue weighted by Gasteiger charge is 2.24. The van der Waals surface area contributed by atoms with Crippen LogP contribution in [0.5, 0.6) is 0 Å². The average molecular weight is 254 g/mol. The lowest BCUT2D eigenvalue weighted by Crippen LogP contribution is -2.43. The van der Waals surface area contributed by atoms with Crippen molar-refractivity contribution in [3.63, 3.8) is 0 Å². The molecule has 0 amide bonds. The Morgan fingerprint density at radius 2 is 1.78 bits per heavy atom. The summed E-state index contributed by atoms with van der Waals surface area (Å²) in [5.41, 5.74) is -2.04. The number of aromatic nitrogens is 2. The van der Waals surface area contributed by atoms with Crippen molar-refractivity contribution in [1.29, 1.82) is 0 Å². The van der Waals surface area contributed by atoms with E-state index >= 15 is 0 Å². The summed E-state index contributed by atoms with van der Waals surface area (Å²) in [4.78, 5) is 35.0. The molecular formula is C12H18N2O4. The Balaban J connectivity index is 3.09. The molecule has 0 fully saturated rings. The van der Waals surface area contributed by atoms with Crippen molar-refractivity contribution >= 4 is 5.97 Å². The van der Waals surface area contributed by atoms with Crippen LogP contribution in [0.15, 0.2) is 22.0 Å². The summed E-state index contributed by atoms with van der Waals surface area (Å²) >= 11 is 0. The smallest absolute Gasteiger partial charge is 0.329 e. The van der Waals surface area contributed by atoms with Crippen LogP contribution in [0, 0.1) is 0 Å². The number of carbonyl (C=O) groups is 1. The Hall–Kier alpha value is -1.85. The molecule has 1 heterocycles. The molecule has 0 N–H and O–H groups in total. The number of carbonyl (C=O) groups excluding carboxylic acids is 1. The van der Waals surface area contributed by atoms with Crippen molar-refractivity contribution in [3.05, 3.63) is 33.1 Å². The lowest BCUT2D eigenvalue weighted by atomic mass is 10.2. The van der Waals surface area contributed by atoms with E-state index < -0.39 is 28.7 Å². The molecule has 6 nitrogen and oxygen atoms in total. The molecule has 0 saturated heterocycles. The molecule has 0 aromatic carbocycles. The Bertz CT molecular complexity index is 563. The minimum absolute atomic E-state index is 0.544. The standard InChI is InChI=1S/C12H18N2O4/c1-8(11(17)18-12(2,3)4)14-7-6-13(5)9(15)10(14)16/h6-8H,1-5H3. The highest BCUT2D eigenvalue weighted by Crippen LogP contribution is 2.12. The van der Waals surface area contributed by atoms with Gasteiger partial charge < -0.3 is 9.30 Å². The molecule has 0 aliphatic carbocycles. The number of esters is 1. The van der Waals surface area contributed by atoms with Crippen molar-refractivity contribution in [2.45, 2.75) is 39.3 Å². The second-order valence-electron chi connectivity index (χ2n) is 5.14. The first-order valence-corrected chi connectivity index (χ1v) is 5.64. The fourth-order valence-electron chi connectivity index (χ4n) is 1.37. The molecule has 0 spiro atoms. The van der Waals surface area contributed by atoms with Gasteiger partial charge in [-0.1, -0.05) is 0 Å². The molecule has 1 aromatic rings. The molecule has 1 rings (SSSR count). The van der Waals surface area contributed by atoms with Crippen LogP contribution in [-0.4, -0.2) is 20.7 Å². The van der Waals surface area contributed by atoms with Crippen LogP contribution in [0.3, 0.4) is 0 Å². The number of hydrogen-bond acceptors (Lipinski definition) is 4. The molecule has 1 unspecified atom stereocenters. The fraction of sp³-hybridized carbons (Fsp3) is 0.583. The average Bonchev–Trinajstić information content (AvgIpc) is 2.23. The molecule has 0 radical (unpaired) electrons. The number of rotatable bonds is 2. The molecule has 18 heavy (non-hydrogen) atoms. The molecule has 0 bridgehead atoms. The highest BCUT2D eigenvalue weighted by atomic mass is 16.6. The molecule has 100 valence electrons. The second kappa shape index (κ2) is 4.80. The van der Waals surface area contributed by atoms with Gasteiger partial charge in [-0.2, -0.15) is 0 Å². The lowest BCUT2D eigenvalue weighted by molar-refractivity contribution is -0.158. The number of aryl methyl sites for hydroxylation is 1. The lowest BCUT2D eigenvalue weighted by Gasteiger charge is -2.23. The van der Waals surface area contributed by atoms with Gasteiger partial charge in [0.25, 0.3) is 0 Å². The third-order valence-electron chi connectivity index (χ3n) is 2.35. The maximum Gasteiger partial charge on any atom is 0.329 e. The zero-order valence-corrected chi connectivity index (χ0v) is 11.3. The van der Waals surface area contributed by atoms with E-state index in [1.807, 2.05) is 0 Å². The Labute approximate surface area is 105 Å². The summed E-state index contributed by atoms with van der Waals surface area (Å²) in [6, 6.07) is -0.828. The monoisotopic (exact) mass is 254 g/mol. The van der Waals surface area contributed by atoms with Crippen LogP contribution >= 0.6 is 0 Å². The molecular weight excluding hydrogens is 236 g/mol. The third kappa shape index (κ3) is 3.09. The summed E-state index contributed by atoms with van der Waals surface area (Å²) in [6.45, 7) is 6.74. The largest absolute Gasteiger partial charge is 0.458 e. The SMILES string of the molecule is CC(C(=O)OC(C)(C)C)n1ccn(C)c(=O)c1=O. The topological polar surface area (TPSA) is 70.3 Å². The van der Waals surface area contributed by atoms with Crippen molar-refractivity contribution in [2.75, 3.05) is 0 Å². The first-order chi connectivity index (χ1) is 8.13. The van der Waals surface area contributed by atoms with Gasteiger partial charge in [0.15, 0.2) is 0 Å². The summed E-state index contributed by atoms with van der Waals surface area (Å²) in [5, 5.41) is 0. The van der Waals surface area contributed by atoms with Crippen LogP contribution in [0.4, 0.5) is 0 Å². The van der Waals surface area contributed by atoms with Gasteiger partial charge in [-0.3, -0.25) is 14.2 Å². The van der Waals surface area contributed by atoms with Gasteiger partial charge in [0.1, 0.15) is 11.6 Å². The van der Waals surface area contributed by atoms with Crippen LogP contribution < -0.4 is 11.1 Å². The molecule has 0 aliphatic rings. The number of ether oxygens (including phenoxy) is 1. The van der Waals surface area contributed by atoms with E-state index in [9.17, 15) is 14.4 Å². The van der Waals surface area contributed by atoms with E-state index in [1.165, 1.54) is 30.9 Å².